The normalized spacial score (nSPS) is 23.5. The molecule has 0 bridgehead atoms. The van der Waals surface area contributed by atoms with Crippen LogP contribution in [0.2, 0.25) is 0 Å². The summed E-state index contributed by atoms with van der Waals surface area (Å²) in [6, 6.07) is 8.48. The molecule has 1 aromatic carbocycles. The number of hydrogen-bond acceptors (Lipinski definition) is 8. The molecular weight excluding hydrogens is 556 g/mol. The Morgan fingerprint density at radius 3 is 2.65 bits per heavy atom. The number of allylic oxidation sites excluding steroid dienone is 1. The van der Waals surface area contributed by atoms with E-state index in [2.05, 4.69) is 11.9 Å². The van der Waals surface area contributed by atoms with Gasteiger partial charge in [-0.1, -0.05) is 30.9 Å². The smallest absolute Gasteiger partial charge is 0.410 e. The summed E-state index contributed by atoms with van der Waals surface area (Å²) in [4.78, 5) is 68.0. The molecule has 5 rings (SSSR count). The number of carbonyl (C=O) groups is 5. The quantitative estimate of drug-likeness (QED) is 0.192. The molecule has 0 saturated carbocycles. The van der Waals surface area contributed by atoms with Gasteiger partial charge in [0.05, 0.1) is 11.8 Å². The summed E-state index contributed by atoms with van der Waals surface area (Å²) in [7, 11) is 0. The molecule has 3 fully saturated rings. The van der Waals surface area contributed by atoms with Crippen LogP contribution in [0.3, 0.4) is 0 Å². The number of rotatable bonds is 9. The number of amides is 4. The minimum atomic E-state index is -1.26. The number of ether oxygens (including phenoxy) is 1. The second-order valence-corrected chi connectivity index (χ2v) is 11.7. The minimum Gasteiger partial charge on any atom is -0.477 e. The molecule has 1 aromatic rings. The second kappa shape index (κ2) is 11.8. The first-order chi connectivity index (χ1) is 19.3. The fourth-order valence-electron chi connectivity index (χ4n) is 4.98. The van der Waals surface area contributed by atoms with Crippen molar-refractivity contribution in [2.75, 3.05) is 37.7 Å². The number of aliphatic carboxylic acids is 1. The number of carbonyl (C=O) groups excluding carboxylic acids is 4. The minimum absolute atomic E-state index is 0.120. The molecule has 3 saturated heterocycles. The lowest BCUT2D eigenvalue weighted by atomic mass is 10.0. The third kappa shape index (κ3) is 5.48. The second-order valence-electron chi connectivity index (χ2n) is 9.58. The van der Waals surface area contributed by atoms with Crippen molar-refractivity contribution < 1.29 is 33.8 Å². The van der Waals surface area contributed by atoms with E-state index < -0.39 is 29.4 Å². The Labute approximate surface area is 239 Å². The maximum Gasteiger partial charge on any atom is 0.410 e. The van der Waals surface area contributed by atoms with E-state index in [1.54, 1.807) is 11.0 Å². The number of likely N-dealkylation sites (tertiary alicyclic amines) is 2. The Balaban J connectivity index is 1.21. The summed E-state index contributed by atoms with van der Waals surface area (Å²) in [5, 5.41) is 12.2. The average Bonchev–Trinajstić information content (AvgIpc) is 3.27. The van der Waals surface area contributed by atoms with Crippen LogP contribution in [0.5, 0.6) is 0 Å². The van der Waals surface area contributed by atoms with Gasteiger partial charge in [0, 0.05) is 35.9 Å². The van der Waals surface area contributed by atoms with Crippen molar-refractivity contribution in [3.8, 4) is 0 Å². The van der Waals surface area contributed by atoms with Crippen LogP contribution in [-0.4, -0.2) is 105 Å². The summed E-state index contributed by atoms with van der Waals surface area (Å²) in [5.74, 6) is -1.83. The van der Waals surface area contributed by atoms with Gasteiger partial charge in [0.25, 0.3) is 5.91 Å². The number of nitrogens with zero attached hydrogens (tertiary/aromatic N) is 3. The van der Waals surface area contributed by atoms with E-state index in [0.29, 0.717) is 37.2 Å². The van der Waals surface area contributed by atoms with E-state index in [1.807, 2.05) is 30.3 Å². The number of carboxylic acids is 1. The molecule has 4 amide bonds. The topological polar surface area (TPSA) is 137 Å². The van der Waals surface area contributed by atoms with Gasteiger partial charge in [0.15, 0.2) is 0 Å². The molecule has 0 aliphatic carbocycles. The predicted octanol–water partition coefficient (Wildman–Crippen LogP) is 1.68. The summed E-state index contributed by atoms with van der Waals surface area (Å²) >= 11 is 2.71. The average molecular weight is 585 g/mol. The van der Waals surface area contributed by atoms with Gasteiger partial charge >= 0.3 is 12.1 Å². The van der Waals surface area contributed by atoms with Crippen LogP contribution in [0.4, 0.5) is 4.79 Å². The predicted molar refractivity (Wildman–Crippen MR) is 148 cm³/mol. The van der Waals surface area contributed by atoms with Crippen molar-refractivity contribution in [1.29, 1.82) is 0 Å². The van der Waals surface area contributed by atoms with Crippen LogP contribution in [0.15, 0.2) is 70.8 Å². The molecule has 0 radical (unpaired) electrons. The van der Waals surface area contributed by atoms with E-state index in [-0.39, 0.29) is 41.7 Å². The van der Waals surface area contributed by atoms with Crippen LogP contribution in [-0.2, 0) is 23.9 Å². The SMILES string of the molecule is C=CCOC(=O)N1CC(N2CCC(=CC3=C(C(=O)O)N4C(=O)[C@@H](NC(=O)CSc5ccccc5)[C@H]4SC3)C2=O)C1. The molecule has 13 heteroatoms. The molecule has 4 aliphatic heterocycles. The van der Waals surface area contributed by atoms with Crippen LogP contribution in [0.25, 0.3) is 0 Å². The third-order valence-corrected chi connectivity index (χ3v) is 9.34. The van der Waals surface area contributed by atoms with Crippen molar-refractivity contribution in [1.82, 2.24) is 20.0 Å². The lowest BCUT2D eigenvalue weighted by Crippen LogP contribution is -2.70. The van der Waals surface area contributed by atoms with E-state index in [9.17, 15) is 29.1 Å². The van der Waals surface area contributed by atoms with Crippen molar-refractivity contribution in [3.63, 3.8) is 0 Å². The number of benzene rings is 1. The molecule has 4 aliphatic rings. The van der Waals surface area contributed by atoms with Gasteiger partial charge in [-0.05, 0) is 30.2 Å². The van der Waals surface area contributed by atoms with Crippen molar-refractivity contribution in [2.24, 2.45) is 0 Å². The fourth-order valence-corrected chi connectivity index (χ4v) is 7.02. The molecule has 11 nitrogen and oxygen atoms in total. The Morgan fingerprint density at radius 1 is 1.20 bits per heavy atom. The lowest BCUT2D eigenvalue weighted by Gasteiger charge is -2.49. The maximum atomic E-state index is 13.1. The fraction of sp³-hybridized carbons (Fsp3) is 0.370. The van der Waals surface area contributed by atoms with E-state index in [0.717, 1.165) is 4.90 Å². The Bertz CT molecular complexity index is 1310. The van der Waals surface area contributed by atoms with Crippen LogP contribution < -0.4 is 5.32 Å². The Kier molecular flexibility index (Phi) is 8.22. The van der Waals surface area contributed by atoms with E-state index in [4.69, 9.17) is 4.74 Å². The highest BCUT2D eigenvalue weighted by molar-refractivity contribution is 8.00. The molecule has 210 valence electrons. The van der Waals surface area contributed by atoms with E-state index in [1.165, 1.54) is 39.4 Å². The van der Waals surface area contributed by atoms with Gasteiger partial charge in [-0.2, -0.15) is 0 Å². The first kappa shape index (κ1) is 27.8. The highest BCUT2D eigenvalue weighted by Crippen LogP contribution is 2.41. The summed E-state index contributed by atoms with van der Waals surface area (Å²) < 4.78 is 5.01. The van der Waals surface area contributed by atoms with Gasteiger partial charge in [0.2, 0.25) is 11.8 Å². The zero-order valence-corrected chi connectivity index (χ0v) is 23.1. The molecule has 2 N–H and O–H groups in total. The number of fused-ring (bicyclic) bond motifs is 1. The first-order valence-electron chi connectivity index (χ1n) is 12.7. The van der Waals surface area contributed by atoms with E-state index >= 15 is 0 Å². The summed E-state index contributed by atoms with van der Waals surface area (Å²) in [6.45, 7) is 4.83. The Morgan fingerprint density at radius 2 is 1.95 bits per heavy atom. The summed E-state index contributed by atoms with van der Waals surface area (Å²) in [6.07, 6.45) is 3.05. The van der Waals surface area contributed by atoms with Gasteiger partial charge in [-0.25, -0.2) is 9.59 Å². The highest BCUT2D eigenvalue weighted by Gasteiger charge is 2.54. The van der Waals surface area contributed by atoms with Gasteiger partial charge in [0.1, 0.15) is 23.7 Å². The van der Waals surface area contributed by atoms with Crippen molar-refractivity contribution in [2.45, 2.75) is 28.8 Å². The number of hydrogen-bond donors (Lipinski definition) is 2. The zero-order valence-electron chi connectivity index (χ0n) is 21.5. The molecule has 0 aromatic heterocycles. The molecule has 2 atom stereocenters. The highest BCUT2D eigenvalue weighted by atomic mass is 32.2. The first-order valence-corrected chi connectivity index (χ1v) is 14.7. The Hall–Kier alpha value is -3.71. The van der Waals surface area contributed by atoms with Crippen LogP contribution in [0.1, 0.15) is 6.42 Å². The van der Waals surface area contributed by atoms with Gasteiger partial charge in [-0.15, -0.1) is 23.5 Å². The number of thioether (sulfide) groups is 2. The van der Waals surface area contributed by atoms with Gasteiger partial charge in [-0.3, -0.25) is 19.3 Å². The zero-order chi connectivity index (χ0) is 28.4. The standard InChI is InChI=1S/C27H28N4O7S2/c1-2-10-38-27(37)29-12-18(13-29)30-9-8-16(23(30)33)11-17-14-40-25-21(24(34)31(25)22(17)26(35)36)28-20(32)15-39-19-6-4-3-5-7-19/h2-7,11,18,21,25H,1,8-10,12-15H2,(H,28,32)(H,35,36)/t21-,25-/m1/s1. The van der Waals surface area contributed by atoms with Crippen molar-refractivity contribution in [3.05, 3.63) is 65.9 Å². The summed E-state index contributed by atoms with van der Waals surface area (Å²) in [5.41, 5.74) is 0.702. The molecule has 40 heavy (non-hydrogen) atoms. The van der Waals surface area contributed by atoms with Crippen molar-refractivity contribution >= 4 is 53.3 Å². The molecule has 0 unspecified atom stereocenters. The van der Waals surface area contributed by atoms with Crippen LogP contribution in [0, 0.1) is 0 Å². The largest absolute Gasteiger partial charge is 0.477 e. The third-order valence-electron chi connectivity index (χ3n) is 7.02. The lowest BCUT2D eigenvalue weighted by molar-refractivity contribution is -0.150. The number of nitrogens with one attached hydrogen (secondary N) is 1. The maximum absolute atomic E-state index is 13.1. The number of β-lactam (4-membered cyclic amide) rings is 1. The monoisotopic (exact) mass is 584 g/mol. The molecule has 4 heterocycles. The van der Waals surface area contributed by atoms with Crippen LogP contribution >= 0.6 is 23.5 Å². The molecule has 0 spiro atoms. The van der Waals surface area contributed by atoms with Gasteiger partial charge < -0.3 is 25.0 Å². The number of carboxylic acid groups (broad SMARTS) is 1. The molecular formula is C27H28N4O7S2.